The zero-order valence-corrected chi connectivity index (χ0v) is 19.1. The molecule has 0 saturated carbocycles. The molecule has 1 amide bonds. The van der Waals surface area contributed by atoms with Gasteiger partial charge in [0.05, 0.1) is 12.2 Å². The lowest BCUT2D eigenvalue weighted by Crippen LogP contribution is -2.31. The fourth-order valence-corrected chi connectivity index (χ4v) is 4.56. The van der Waals surface area contributed by atoms with Crippen LogP contribution in [0, 0.1) is 6.92 Å². The Bertz CT molecular complexity index is 1160. The van der Waals surface area contributed by atoms with Crippen molar-refractivity contribution in [3.63, 3.8) is 0 Å². The number of hydrogen-bond donors (Lipinski definition) is 2. The number of carbonyl (C=O) groups is 1. The molecule has 32 heavy (non-hydrogen) atoms. The summed E-state index contributed by atoms with van der Waals surface area (Å²) in [5, 5.41) is 3.28. The topological polar surface area (TPSA) is 84.1 Å². The third kappa shape index (κ3) is 5.05. The minimum absolute atomic E-state index is 0.154. The Kier molecular flexibility index (Phi) is 6.95. The number of nitrogens with zero attached hydrogens (tertiary/aromatic N) is 1. The van der Waals surface area contributed by atoms with Crippen LogP contribution in [0.4, 0.5) is 5.82 Å². The number of aryl methyl sites for hydroxylation is 1. The SMILES string of the molecule is CCCCOc1ccccc1C1CC(=O)Nc2nc(SCc3ccc(C)cc3)[nH]c(=O)c21. The lowest BCUT2D eigenvalue weighted by molar-refractivity contribution is -0.116. The number of H-pyrrole nitrogens is 1. The lowest BCUT2D eigenvalue weighted by Gasteiger charge is -2.26. The number of thioether (sulfide) groups is 1. The number of rotatable bonds is 8. The Morgan fingerprint density at radius 2 is 1.91 bits per heavy atom. The number of ether oxygens (including phenoxy) is 1. The first-order chi connectivity index (χ1) is 15.5. The number of carbonyl (C=O) groups excluding carboxylic acids is 1. The third-order valence-electron chi connectivity index (χ3n) is 5.48. The average molecular weight is 450 g/mol. The quantitative estimate of drug-likeness (QED) is 0.286. The number of unbranched alkanes of at least 4 members (excludes halogenated alkanes) is 1. The van der Waals surface area contributed by atoms with Gasteiger partial charge < -0.3 is 15.0 Å². The van der Waals surface area contributed by atoms with E-state index < -0.39 is 5.92 Å². The molecule has 1 aliphatic heterocycles. The molecule has 7 heteroatoms. The number of nitrogens with one attached hydrogen (secondary N) is 2. The van der Waals surface area contributed by atoms with E-state index >= 15 is 0 Å². The number of fused-ring (bicyclic) bond motifs is 1. The molecule has 1 atom stereocenters. The van der Waals surface area contributed by atoms with Crippen molar-refractivity contribution in [1.82, 2.24) is 9.97 Å². The molecule has 0 radical (unpaired) electrons. The van der Waals surface area contributed by atoms with Gasteiger partial charge >= 0.3 is 0 Å². The number of anilines is 1. The van der Waals surface area contributed by atoms with E-state index in [2.05, 4.69) is 46.5 Å². The van der Waals surface area contributed by atoms with Gasteiger partial charge in [-0.1, -0.05) is 73.1 Å². The van der Waals surface area contributed by atoms with Crippen molar-refractivity contribution in [2.45, 2.75) is 49.9 Å². The van der Waals surface area contributed by atoms with Crippen molar-refractivity contribution in [2.75, 3.05) is 11.9 Å². The first-order valence-electron chi connectivity index (χ1n) is 10.9. The van der Waals surface area contributed by atoms with E-state index in [9.17, 15) is 9.59 Å². The van der Waals surface area contributed by atoms with Crippen LogP contribution in [0.25, 0.3) is 0 Å². The molecule has 2 N–H and O–H groups in total. The molecule has 0 saturated heterocycles. The summed E-state index contributed by atoms with van der Waals surface area (Å²) in [5.74, 6) is 1.17. The molecule has 0 bridgehead atoms. The van der Waals surface area contributed by atoms with E-state index in [4.69, 9.17) is 4.74 Å². The second kappa shape index (κ2) is 10.0. The molecule has 3 aromatic rings. The van der Waals surface area contributed by atoms with E-state index in [1.165, 1.54) is 17.3 Å². The maximum Gasteiger partial charge on any atom is 0.257 e. The van der Waals surface area contributed by atoms with E-state index in [0.29, 0.717) is 34.6 Å². The molecule has 4 rings (SSSR count). The fourth-order valence-electron chi connectivity index (χ4n) is 3.75. The van der Waals surface area contributed by atoms with Crippen LogP contribution in [0.2, 0.25) is 0 Å². The molecule has 1 aromatic heterocycles. The molecule has 2 aromatic carbocycles. The van der Waals surface area contributed by atoms with Crippen LogP contribution in [0.1, 0.15) is 54.4 Å². The molecule has 0 aliphatic carbocycles. The van der Waals surface area contributed by atoms with Gasteiger partial charge in [-0.3, -0.25) is 9.59 Å². The van der Waals surface area contributed by atoms with Crippen molar-refractivity contribution in [3.8, 4) is 5.75 Å². The summed E-state index contributed by atoms with van der Waals surface area (Å²) in [4.78, 5) is 33.1. The Labute approximate surface area is 191 Å². The van der Waals surface area contributed by atoms with Gasteiger partial charge in [0.2, 0.25) is 5.91 Å². The number of para-hydroxylation sites is 1. The molecule has 166 valence electrons. The second-order valence-electron chi connectivity index (χ2n) is 7.95. The molecule has 1 unspecified atom stereocenters. The van der Waals surface area contributed by atoms with Gasteiger partial charge in [0.1, 0.15) is 11.6 Å². The standard InChI is InChI=1S/C25H27N3O3S/c1-3-4-13-31-20-8-6-5-7-18(20)19-14-21(29)26-23-22(19)24(30)28-25(27-23)32-15-17-11-9-16(2)10-12-17/h5-12,19H,3-4,13-15H2,1-2H3,(H2,26,27,28,29,30). The normalized spacial score (nSPS) is 15.2. The van der Waals surface area contributed by atoms with Gasteiger partial charge in [-0.2, -0.15) is 0 Å². The van der Waals surface area contributed by atoms with Gasteiger partial charge in [-0.15, -0.1) is 0 Å². The molecular weight excluding hydrogens is 422 g/mol. The van der Waals surface area contributed by atoms with Crippen LogP contribution in [-0.4, -0.2) is 22.5 Å². The van der Waals surface area contributed by atoms with Gasteiger partial charge in [0.15, 0.2) is 5.16 Å². The van der Waals surface area contributed by atoms with Crippen LogP contribution in [0.5, 0.6) is 5.75 Å². The zero-order valence-electron chi connectivity index (χ0n) is 18.3. The third-order valence-corrected chi connectivity index (χ3v) is 6.42. The number of benzene rings is 2. The number of aromatic nitrogens is 2. The minimum atomic E-state index is -0.399. The molecule has 1 aliphatic rings. The van der Waals surface area contributed by atoms with Crippen molar-refractivity contribution in [2.24, 2.45) is 0 Å². The van der Waals surface area contributed by atoms with Crippen LogP contribution in [0.3, 0.4) is 0 Å². The summed E-state index contributed by atoms with van der Waals surface area (Å²) in [7, 11) is 0. The molecule has 0 spiro atoms. The average Bonchev–Trinajstić information content (AvgIpc) is 2.78. The smallest absolute Gasteiger partial charge is 0.257 e. The highest BCUT2D eigenvalue weighted by molar-refractivity contribution is 7.98. The molecular formula is C25H27N3O3S. The van der Waals surface area contributed by atoms with Crippen LogP contribution in [0.15, 0.2) is 58.5 Å². The van der Waals surface area contributed by atoms with Crippen LogP contribution >= 0.6 is 11.8 Å². The predicted octanol–water partition coefficient (Wildman–Crippen LogP) is 5.02. The Morgan fingerprint density at radius 1 is 1.12 bits per heavy atom. The number of aromatic amines is 1. The summed E-state index contributed by atoms with van der Waals surface area (Å²) in [6, 6.07) is 15.9. The van der Waals surface area contributed by atoms with Gasteiger partial charge in [0, 0.05) is 23.7 Å². The Morgan fingerprint density at radius 3 is 2.69 bits per heavy atom. The predicted molar refractivity (Wildman–Crippen MR) is 128 cm³/mol. The van der Waals surface area contributed by atoms with Gasteiger partial charge in [-0.05, 0) is 25.0 Å². The summed E-state index contributed by atoms with van der Waals surface area (Å²) in [6.07, 6.45) is 2.16. The van der Waals surface area contributed by atoms with E-state index in [0.717, 1.165) is 24.0 Å². The maximum atomic E-state index is 13.1. The zero-order chi connectivity index (χ0) is 22.5. The first-order valence-corrected chi connectivity index (χ1v) is 11.9. The number of amides is 1. The fraction of sp³-hybridized carbons (Fsp3) is 0.320. The van der Waals surface area contributed by atoms with Crippen molar-refractivity contribution in [1.29, 1.82) is 0 Å². The van der Waals surface area contributed by atoms with Crippen LogP contribution < -0.4 is 15.6 Å². The van der Waals surface area contributed by atoms with Crippen molar-refractivity contribution in [3.05, 3.63) is 81.1 Å². The number of hydrogen-bond acceptors (Lipinski definition) is 5. The lowest BCUT2D eigenvalue weighted by atomic mass is 9.86. The van der Waals surface area contributed by atoms with E-state index in [-0.39, 0.29) is 17.9 Å². The highest BCUT2D eigenvalue weighted by atomic mass is 32.2. The summed E-state index contributed by atoms with van der Waals surface area (Å²) < 4.78 is 5.97. The largest absolute Gasteiger partial charge is 0.493 e. The molecule has 2 heterocycles. The van der Waals surface area contributed by atoms with Gasteiger partial charge in [0.25, 0.3) is 5.56 Å². The second-order valence-corrected chi connectivity index (χ2v) is 8.92. The van der Waals surface area contributed by atoms with Crippen LogP contribution in [-0.2, 0) is 10.5 Å². The first kappa shape index (κ1) is 22.1. The highest BCUT2D eigenvalue weighted by Gasteiger charge is 2.32. The summed E-state index contributed by atoms with van der Waals surface area (Å²) in [6.45, 7) is 4.75. The van der Waals surface area contributed by atoms with Crippen molar-refractivity contribution < 1.29 is 9.53 Å². The molecule has 6 nitrogen and oxygen atoms in total. The Hall–Kier alpha value is -3.06. The van der Waals surface area contributed by atoms with Crippen molar-refractivity contribution >= 4 is 23.5 Å². The van der Waals surface area contributed by atoms with Gasteiger partial charge in [-0.25, -0.2) is 4.98 Å². The summed E-state index contributed by atoms with van der Waals surface area (Å²) >= 11 is 1.44. The summed E-state index contributed by atoms with van der Waals surface area (Å²) in [5.41, 5.74) is 3.44. The van der Waals surface area contributed by atoms with E-state index in [1.807, 2.05) is 31.2 Å². The highest BCUT2D eigenvalue weighted by Crippen LogP contribution is 2.38. The Balaban J connectivity index is 1.62. The molecule has 0 fully saturated rings. The van der Waals surface area contributed by atoms with E-state index in [1.54, 1.807) is 0 Å². The maximum absolute atomic E-state index is 13.1. The minimum Gasteiger partial charge on any atom is -0.493 e. The monoisotopic (exact) mass is 449 g/mol.